The molecule has 2 aliphatic carbocycles. The molecular weight excluding hydrogens is 246 g/mol. The Hall–Kier alpha value is -1.57. The first-order chi connectivity index (χ1) is 9.31. The maximum absolute atomic E-state index is 9.06. The van der Waals surface area contributed by atoms with Gasteiger partial charge >= 0.3 is 0 Å². The maximum atomic E-state index is 9.06. The molecule has 108 valence electrons. The van der Waals surface area contributed by atoms with E-state index in [4.69, 9.17) is 5.21 Å². The molecule has 0 aromatic heterocycles. The number of allylic oxidation sites excluding steroid dienone is 7. The van der Waals surface area contributed by atoms with Gasteiger partial charge in [0.25, 0.3) is 0 Å². The fraction of sp³-hybridized carbons (Fsp3) is 0.500. The molecule has 0 radical (unpaired) electrons. The number of rotatable bonds is 2. The molecule has 0 saturated carbocycles. The van der Waals surface area contributed by atoms with E-state index in [9.17, 15) is 0 Å². The third-order valence-corrected chi connectivity index (χ3v) is 4.80. The summed E-state index contributed by atoms with van der Waals surface area (Å²) in [5.74, 6) is 0. The molecule has 2 nitrogen and oxygen atoms in total. The summed E-state index contributed by atoms with van der Waals surface area (Å²) in [6, 6.07) is 0. The van der Waals surface area contributed by atoms with E-state index in [-0.39, 0.29) is 10.8 Å². The fourth-order valence-electron chi connectivity index (χ4n) is 3.26. The summed E-state index contributed by atoms with van der Waals surface area (Å²) >= 11 is 0. The van der Waals surface area contributed by atoms with Gasteiger partial charge in [-0.15, -0.1) is 0 Å². The van der Waals surface area contributed by atoms with Crippen molar-refractivity contribution >= 4 is 5.71 Å². The van der Waals surface area contributed by atoms with Crippen LogP contribution in [0.25, 0.3) is 0 Å². The van der Waals surface area contributed by atoms with Crippen molar-refractivity contribution in [2.75, 3.05) is 0 Å². The van der Waals surface area contributed by atoms with Crippen molar-refractivity contribution in [3.05, 3.63) is 47.6 Å². The quantitative estimate of drug-likeness (QED) is 0.426. The van der Waals surface area contributed by atoms with Gasteiger partial charge in [-0.3, -0.25) is 0 Å². The number of hydrogen-bond donors (Lipinski definition) is 1. The minimum absolute atomic E-state index is 0.218. The Balaban J connectivity index is 2.48. The highest BCUT2D eigenvalue weighted by atomic mass is 16.4. The molecule has 0 atom stereocenters. The van der Waals surface area contributed by atoms with Crippen LogP contribution in [0, 0.1) is 10.8 Å². The van der Waals surface area contributed by atoms with Crippen molar-refractivity contribution in [1.29, 1.82) is 0 Å². The van der Waals surface area contributed by atoms with Crippen LogP contribution in [0.1, 0.15) is 47.0 Å². The van der Waals surface area contributed by atoms with Crippen molar-refractivity contribution in [2.45, 2.75) is 47.0 Å². The van der Waals surface area contributed by atoms with E-state index in [2.05, 4.69) is 57.7 Å². The lowest BCUT2D eigenvalue weighted by Gasteiger charge is -2.42. The van der Waals surface area contributed by atoms with Crippen LogP contribution in [0.5, 0.6) is 0 Å². The third-order valence-electron chi connectivity index (χ3n) is 4.80. The Kier molecular flexibility index (Phi) is 3.77. The van der Waals surface area contributed by atoms with Crippen molar-refractivity contribution in [3.63, 3.8) is 0 Å². The van der Waals surface area contributed by atoms with E-state index in [1.54, 1.807) is 6.08 Å². The molecule has 0 saturated heterocycles. The Morgan fingerprint density at radius 1 is 1.20 bits per heavy atom. The SMILES string of the molecule is C=C/C(=N/O)C1=CCC2=C(C=C1)C(C)(C)CCC2(C)C. The van der Waals surface area contributed by atoms with E-state index in [1.165, 1.54) is 24.0 Å². The molecule has 0 unspecified atom stereocenters. The Labute approximate surface area is 122 Å². The first-order valence-corrected chi connectivity index (χ1v) is 7.29. The van der Waals surface area contributed by atoms with Gasteiger partial charge in [0.15, 0.2) is 0 Å². The van der Waals surface area contributed by atoms with Crippen LogP contribution in [0.2, 0.25) is 0 Å². The lowest BCUT2D eigenvalue weighted by atomic mass is 9.62. The van der Waals surface area contributed by atoms with Crippen LogP contribution in [0.15, 0.2) is 52.8 Å². The maximum Gasteiger partial charge on any atom is 0.108 e. The van der Waals surface area contributed by atoms with Gasteiger partial charge in [-0.25, -0.2) is 0 Å². The highest BCUT2D eigenvalue weighted by molar-refractivity contribution is 6.09. The second kappa shape index (κ2) is 5.08. The zero-order valence-electron chi connectivity index (χ0n) is 13.0. The Bertz CT molecular complexity index is 542. The smallest absolute Gasteiger partial charge is 0.108 e. The third kappa shape index (κ3) is 2.52. The van der Waals surface area contributed by atoms with Gasteiger partial charge in [-0.05, 0) is 47.3 Å². The van der Waals surface area contributed by atoms with Crippen LogP contribution in [0.4, 0.5) is 0 Å². The molecule has 0 aromatic rings. The summed E-state index contributed by atoms with van der Waals surface area (Å²) in [5, 5.41) is 12.4. The fourth-order valence-corrected chi connectivity index (χ4v) is 3.26. The molecule has 0 amide bonds. The predicted octanol–water partition coefficient (Wildman–Crippen LogP) is 5.03. The van der Waals surface area contributed by atoms with Gasteiger partial charge in [0.05, 0.1) is 0 Å². The van der Waals surface area contributed by atoms with Crippen LogP contribution >= 0.6 is 0 Å². The van der Waals surface area contributed by atoms with E-state index >= 15 is 0 Å². The molecule has 0 aliphatic heterocycles. The molecule has 20 heavy (non-hydrogen) atoms. The molecule has 2 heteroatoms. The lowest BCUT2D eigenvalue weighted by molar-refractivity contribution is 0.264. The highest BCUT2D eigenvalue weighted by Gasteiger charge is 2.37. The second-order valence-corrected chi connectivity index (χ2v) is 7.05. The largest absolute Gasteiger partial charge is 0.410 e. The molecule has 0 spiro atoms. The van der Waals surface area contributed by atoms with Crippen molar-refractivity contribution in [1.82, 2.24) is 0 Å². The van der Waals surface area contributed by atoms with Crippen LogP contribution in [-0.2, 0) is 0 Å². The van der Waals surface area contributed by atoms with E-state index in [1.807, 2.05) is 0 Å². The van der Waals surface area contributed by atoms with Gasteiger partial charge in [0, 0.05) is 0 Å². The summed E-state index contributed by atoms with van der Waals surface area (Å²) in [5.41, 5.74) is 4.91. The number of nitrogens with zero attached hydrogens (tertiary/aromatic N) is 1. The number of hydrogen-bond acceptors (Lipinski definition) is 2. The van der Waals surface area contributed by atoms with Gasteiger partial charge in [0.2, 0.25) is 0 Å². The topological polar surface area (TPSA) is 32.6 Å². The highest BCUT2D eigenvalue weighted by Crippen LogP contribution is 2.51. The minimum atomic E-state index is 0.218. The molecule has 0 aromatic carbocycles. The van der Waals surface area contributed by atoms with E-state index < -0.39 is 0 Å². The summed E-state index contributed by atoms with van der Waals surface area (Å²) < 4.78 is 0. The molecule has 2 rings (SSSR count). The van der Waals surface area contributed by atoms with Crippen LogP contribution in [0.3, 0.4) is 0 Å². The van der Waals surface area contributed by atoms with Gasteiger partial charge in [0.1, 0.15) is 5.71 Å². The van der Waals surface area contributed by atoms with Gasteiger partial charge < -0.3 is 5.21 Å². The lowest BCUT2D eigenvalue weighted by Crippen LogP contribution is -2.30. The van der Waals surface area contributed by atoms with Crippen molar-refractivity contribution < 1.29 is 5.21 Å². The average Bonchev–Trinajstić information content (AvgIpc) is 2.61. The van der Waals surface area contributed by atoms with Crippen molar-refractivity contribution in [2.24, 2.45) is 16.0 Å². The van der Waals surface area contributed by atoms with Gasteiger partial charge in [-0.1, -0.05) is 63.2 Å². The average molecular weight is 271 g/mol. The molecular formula is C18H25NO. The summed E-state index contributed by atoms with van der Waals surface area (Å²) in [6.45, 7) is 13.0. The molecule has 2 aliphatic rings. The van der Waals surface area contributed by atoms with Crippen LogP contribution in [-0.4, -0.2) is 10.9 Å². The molecule has 0 fully saturated rings. The Morgan fingerprint density at radius 3 is 2.45 bits per heavy atom. The summed E-state index contributed by atoms with van der Waals surface area (Å²) in [4.78, 5) is 0. The molecule has 0 heterocycles. The normalized spacial score (nSPS) is 24.8. The zero-order chi connectivity index (χ0) is 15.0. The second-order valence-electron chi connectivity index (χ2n) is 7.05. The van der Waals surface area contributed by atoms with Gasteiger partial charge in [-0.2, -0.15) is 0 Å². The van der Waals surface area contributed by atoms with E-state index in [0.717, 1.165) is 12.0 Å². The first kappa shape index (κ1) is 14.8. The summed E-state index contributed by atoms with van der Waals surface area (Å²) in [6.07, 6.45) is 11.4. The predicted molar refractivity (Wildman–Crippen MR) is 85.1 cm³/mol. The minimum Gasteiger partial charge on any atom is -0.410 e. The van der Waals surface area contributed by atoms with Crippen LogP contribution < -0.4 is 0 Å². The summed E-state index contributed by atoms with van der Waals surface area (Å²) in [7, 11) is 0. The Morgan fingerprint density at radius 2 is 1.85 bits per heavy atom. The standard InChI is InChI=1S/C18H25NO/c1-6-16(19-20)13-7-9-14-15(10-8-13)18(4,5)12-11-17(14,2)3/h6-9,20H,1,10-12H2,2-5H3/b19-16-. The molecule has 1 N–H and O–H groups in total. The molecule has 0 bridgehead atoms. The van der Waals surface area contributed by atoms with E-state index in [0.29, 0.717) is 5.71 Å². The van der Waals surface area contributed by atoms with Crippen molar-refractivity contribution in [3.8, 4) is 0 Å². The number of oxime groups is 1. The monoisotopic (exact) mass is 271 g/mol. The zero-order valence-corrected chi connectivity index (χ0v) is 13.0. The first-order valence-electron chi connectivity index (χ1n) is 7.29.